The molecule has 1 rings (SSSR count). The van der Waals surface area contributed by atoms with Crippen LogP contribution >= 0.6 is 11.8 Å². The number of rotatable bonds is 10. The van der Waals surface area contributed by atoms with Crippen molar-refractivity contribution >= 4 is 17.7 Å². The van der Waals surface area contributed by atoms with Crippen LogP contribution in [0.1, 0.15) is 51.3 Å². The number of hydrogen-bond donors (Lipinski definition) is 1. The molecule has 0 unspecified atom stereocenters. The van der Waals surface area contributed by atoms with Gasteiger partial charge in [-0.2, -0.15) is 0 Å². The Balaban J connectivity index is 2.35. The van der Waals surface area contributed by atoms with Crippen LogP contribution in [0.3, 0.4) is 0 Å². The van der Waals surface area contributed by atoms with Gasteiger partial charge >= 0.3 is 5.97 Å². The standard InChI is InChI=1S/C13H23N3O2S/c1-3-4-5-6-7-8-9-16-11(2)14-15-13(16)19-10-12(17)18/h3-10H2,1-2H3,(H,17,18). The number of carbonyl (C=O) groups is 1. The number of carboxylic acids is 1. The van der Waals surface area contributed by atoms with E-state index in [0.29, 0.717) is 5.16 Å². The van der Waals surface area contributed by atoms with Crippen molar-refractivity contribution in [2.45, 2.75) is 64.1 Å². The molecule has 0 fully saturated rings. The molecule has 1 N–H and O–H groups in total. The molecule has 0 saturated heterocycles. The Hall–Kier alpha value is -1.04. The third-order valence-corrected chi connectivity index (χ3v) is 3.91. The van der Waals surface area contributed by atoms with Crippen molar-refractivity contribution < 1.29 is 9.90 Å². The number of aromatic nitrogens is 3. The molecule has 0 amide bonds. The number of carboxylic acid groups (broad SMARTS) is 1. The number of hydrogen-bond acceptors (Lipinski definition) is 4. The van der Waals surface area contributed by atoms with Crippen LogP contribution in [-0.4, -0.2) is 31.6 Å². The van der Waals surface area contributed by atoms with Crippen molar-refractivity contribution in [3.8, 4) is 0 Å². The highest BCUT2D eigenvalue weighted by molar-refractivity contribution is 7.99. The second kappa shape index (κ2) is 8.96. The molecule has 108 valence electrons. The highest BCUT2D eigenvalue weighted by atomic mass is 32.2. The van der Waals surface area contributed by atoms with Crippen LogP contribution < -0.4 is 0 Å². The van der Waals surface area contributed by atoms with Crippen LogP contribution in [0.2, 0.25) is 0 Å². The molecule has 0 aliphatic carbocycles. The lowest BCUT2D eigenvalue weighted by atomic mass is 10.1. The Morgan fingerprint density at radius 2 is 1.89 bits per heavy atom. The molecule has 0 aromatic carbocycles. The molecule has 0 spiro atoms. The molecule has 19 heavy (non-hydrogen) atoms. The summed E-state index contributed by atoms with van der Waals surface area (Å²) in [6, 6.07) is 0. The van der Waals surface area contributed by atoms with Crippen LogP contribution in [0.5, 0.6) is 0 Å². The molecule has 0 saturated carbocycles. The van der Waals surface area contributed by atoms with Crippen molar-refractivity contribution in [2.75, 3.05) is 5.75 Å². The zero-order chi connectivity index (χ0) is 14.1. The highest BCUT2D eigenvalue weighted by Crippen LogP contribution is 2.17. The number of thioether (sulfide) groups is 1. The van der Waals surface area contributed by atoms with E-state index in [4.69, 9.17) is 5.11 Å². The van der Waals surface area contributed by atoms with Crippen molar-refractivity contribution in [2.24, 2.45) is 0 Å². The van der Waals surface area contributed by atoms with Crippen LogP contribution in [0.25, 0.3) is 0 Å². The summed E-state index contributed by atoms with van der Waals surface area (Å²) in [6.45, 7) is 5.01. The van der Waals surface area contributed by atoms with Crippen LogP contribution in [0.15, 0.2) is 5.16 Å². The van der Waals surface area contributed by atoms with Crippen molar-refractivity contribution in [1.29, 1.82) is 0 Å². The minimum atomic E-state index is -0.822. The van der Waals surface area contributed by atoms with Gasteiger partial charge in [0.05, 0.1) is 5.75 Å². The predicted molar refractivity (Wildman–Crippen MR) is 76.5 cm³/mol. The Kier molecular flexibility index (Phi) is 7.55. The quantitative estimate of drug-likeness (QED) is 0.528. The Bertz CT molecular complexity index is 393. The Morgan fingerprint density at radius 1 is 1.21 bits per heavy atom. The average Bonchev–Trinajstić information content (AvgIpc) is 2.72. The van der Waals surface area contributed by atoms with Gasteiger partial charge in [0.15, 0.2) is 5.16 Å². The monoisotopic (exact) mass is 285 g/mol. The summed E-state index contributed by atoms with van der Waals surface area (Å²) in [5.74, 6) is 0.0764. The molecule has 1 heterocycles. The number of nitrogens with zero attached hydrogens (tertiary/aromatic N) is 3. The van der Waals surface area contributed by atoms with E-state index in [0.717, 1.165) is 18.8 Å². The molecule has 1 aromatic rings. The lowest BCUT2D eigenvalue weighted by Crippen LogP contribution is -2.05. The minimum absolute atomic E-state index is 0.0363. The van der Waals surface area contributed by atoms with E-state index < -0.39 is 5.97 Å². The second-order valence-electron chi connectivity index (χ2n) is 4.63. The molecule has 6 heteroatoms. The van der Waals surface area contributed by atoms with E-state index in [1.807, 2.05) is 11.5 Å². The fourth-order valence-corrected chi connectivity index (χ4v) is 2.63. The second-order valence-corrected chi connectivity index (χ2v) is 5.57. The summed E-state index contributed by atoms with van der Waals surface area (Å²) in [6.07, 6.45) is 7.46. The first kappa shape index (κ1) is 16.0. The van der Waals surface area contributed by atoms with E-state index >= 15 is 0 Å². The molecule has 1 aromatic heterocycles. The normalized spacial score (nSPS) is 10.8. The zero-order valence-electron chi connectivity index (χ0n) is 11.8. The van der Waals surface area contributed by atoms with E-state index in [9.17, 15) is 4.79 Å². The van der Waals surface area contributed by atoms with Gasteiger partial charge in [0, 0.05) is 6.54 Å². The van der Waals surface area contributed by atoms with Gasteiger partial charge in [-0.25, -0.2) is 0 Å². The van der Waals surface area contributed by atoms with E-state index in [1.54, 1.807) is 0 Å². The number of aliphatic carboxylic acids is 1. The summed E-state index contributed by atoms with van der Waals surface area (Å²) in [5, 5.41) is 17.5. The summed E-state index contributed by atoms with van der Waals surface area (Å²) < 4.78 is 2.02. The largest absolute Gasteiger partial charge is 0.481 e. The molecule has 5 nitrogen and oxygen atoms in total. The number of aryl methyl sites for hydroxylation is 1. The zero-order valence-corrected chi connectivity index (χ0v) is 12.6. The first-order valence-electron chi connectivity index (χ1n) is 6.89. The number of unbranched alkanes of at least 4 members (excludes halogenated alkanes) is 5. The molecular formula is C13H23N3O2S. The lowest BCUT2D eigenvalue weighted by molar-refractivity contribution is -0.133. The van der Waals surface area contributed by atoms with Crippen LogP contribution in [0, 0.1) is 6.92 Å². The Morgan fingerprint density at radius 3 is 2.58 bits per heavy atom. The smallest absolute Gasteiger partial charge is 0.313 e. The average molecular weight is 285 g/mol. The van der Waals surface area contributed by atoms with E-state index in [-0.39, 0.29) is 5.75 Å². The van der Waals surface area contributed by atoms with E-state index in [1.165, 1.54) is 43.9 Å². The molecule has 0 radical (unpaired) electrons. The van der Waals surface area contributed by atoms with Gasteiger partial charge in [-0.1, -0.05) is 50.8 Å². The molecule has 0 aliphatic rings. The van der Waals surface area contributed by atoms with Gasteiger partial charge < -0.3 is 9.67 Å². The van der Waals surface area contributed by atoms with Gasteiger partial charge in [-0.15, -0.1) is 10.2 Å². The predicted octanol–water partition coefficient (Wildman–Crippen LogP) is 3.12. The van der Waals surface area contributed by atoms with Gasteiger partial charge in [0.25, 0.3) is 0 Å². The maximum absolute atomic E-state index is 10.6. The van der Waals surface area contributed by atoms with Crippen molar-refractivity contribution in [3.05, 3.63) is 5.82 Å². The SMILES string of the molecule is CCCCCCCCn1c(C)nnc1SCC(=O)O. The fraction of sp³-hybridized carbons (Fsp3) is 0.769. The van der Waals surface area contributed by atoms with Gasteiger partial charge in [0.2, 0.25) is 0 Å². The lowest BCUT2D eigenvalue weighted by Gasteiger charge is -2.07. The maximum atomic E-state index is 10.6. The highest BCUT2D eigenvalue weighted by Gasteiger charge is 2.10. The van der Waals surface area contributed by atoms with Crippen molar-refractivity contribution in [1.82, 2.24) is 14.8 Å². The van der Waals surface area contributed by atoms with Crippen molar-refractivity contribution in [3.63, 3.8) is 0 Å². The third-order valence-electron chi connectivity index (χ3n) is 2.96. The minimum Gasteiger partial charge on any atom is -0.481 e. The fourth-order valence-electron chi connectivity index (χ4n) is 1.90. The summed E-state index contributed by atoms with van der Waals surface area (Å²) in [7, 11) is 0. The summed E-state index contributed by atoms with van der Waals surface area (Å²) in [4.78, 5) is 10.6. The maximum Gasteiger partial charge on any atom is 0.313 e. The molecule has 0 aliphatic heterocycles. The van der Waals surface area contributed by atoms with Gasteiger partial charge in [-0.05, 0) is 13.3 Å². The molecule has 0 bridgehead atoms. The van der Waals surface area contributed by atoms with Gasteiger partial charge in [-0.3, -0.25) is 4.79 Å². The summed E-state index contributed by atoms with van der Waals surface area (Å²) in [5.41, 5.74) is 0. The van der Waals surface area contributed by atoms with E-state index in [2.05, 4.69) is 17.1 Å². The topological polar surface area (TPSA) is 68.0 Å². The van der Waals surface area contributed by atoms with Crippen LogP contribution in [0.4, 0.5) is 0 Å². The first-order chi connectivity index (χ1) is 9.15. The molecular weight excluding hydrogens is 262 g/mol. The first-order valence-corrected chi connectivity index (χ1v) is 7.88. The molecule has 0 atom stereocenters. The van der Waals surface area contributed by atoms with Crippen LogP contribution in [-0.2, 0) is 11.3 Å². The Labute approximate surface area is 118 Å². The summed E-state index contributed by atoms with van der Waals surface area (Å²) >= 11 is 1.24. The van der Waals surface area contributed by atoms with Gasteiger partial charge in [0.1, 0.15) is 5.82 Å². The third kappa shape index (κ3) is 6.09.